The van der Waals surface area contributed by atoms with E-state index in [1.807, 2.05) is 0 Å². The molecule has 2 aliphatic rings. The van der Waals surface area contributed by atoms with Crippen LogP contribution >= 0.6 is 0 Å². The highest BCUT2D eigenvalue weighted by molar-refractivity contribution is 5.92. The molecule has 0 bridgehead atoms. The van der Waals surface area contributed by atoms with Crippen molar-refractivity contribution in [2.75, 3.05) is 27.2 Å². The van der Waals surface area contributed by atoms with Crippen LogP contribution in [0.1, 0.15) is 34.1 Å². The molecule has 160 valence electrons. The van der Waals surface area contributed by atoms with Crippen LogP contribution in [0.25, 0.3) is 5.69 Å². The van der Waals surface area contributed by atoms with E-state index in [9.17, 15) is 19.5 Å². The zero-order chi connectivity index (χ0) is 22.3. The monoisotopic (exact) mass is 423 g/mol. The summed E-state index contributed by atoms with van der Waals surface area (Å²) in [6, 6.07) is 6.46. The van der Waals surface area contributed by atoms with Gasteiger partial charge >= 0.3 is 0 Å². The third-order valence-corrected chi connectivity index (χ3v) is 5.43. The number of benzene rings is 1. The van der Waals surface area contributed by atoms with Gasteiger partial charge in [0.25, 0.3) is 11.8 Å². The summed E-state index contributed by atoms with van der Waals surface area (Å²) >= 11 is 0. The lowest BCUT2D eigenvalue weighted by Crippen LogP contribution is -2.37. The highest BCUT2D eigenvalue weighted by Gasteiger charge is 2.42. The maximum atomic E-state index is 12.4. The standard InChI is InChI=1S/C21H21N5O5/c1-23-19(28)13-11-31-17-4-3-12(5-6-21(30)7-8-25(2)20(21)29)9-16(17)26-15(13)10-14(24-26)18(22)27/h3-4,9-10,13,30H,7-8,11H2,1-2H3,(H2,22,27)(H,23,28)/t13?,21-/m0/s1. The van der Waals surface area contributed by atoms with Crippen LogP contribution in [-0.2, 0) is 9.59 Å². The minimum absolute atomic E-state index is 0.0159. The number of likely N-dealkylation sites (tertiary alicyclic amines) is 1. The van der Waals surface area contributed by atoms with E-state index in [0.717, 1.165) is 0 Å². The summed E-state index contributed by atoms with van der Waals surface area (Å²) in [6.45, 7) is 0.470. The Morgan fingerprint density at radius 1 is 1.39 bits per heavy atom. The predicted octanol–water partition coefficient (Wildman–Crippen LogP) is -0.862. The van der Waals surface area contributed by atoms with Crippen LogP contribution in [0.3, 0.4) is 0 Å². The summed E-state index contributed by atoms with van der Waals surface area (Å²) < 4.78 is 7.25. The van der Waals surface area contributed by atoms with Crippen molar-refractivity contribution < 1.29 is 24.2 Å². The smallest absolute Gasteiger partial charge is 0.269 e. The van der Waals surface area contributed by atoms with Crippen LogP contribution in [-0.4, -0.2) is 70.4 Å². The van der Waals surface area contributed by atoms with Crippen molar-refractivity contribution in [3.63, 3.8) is 0 Å². The Hall–Kier alpha value is -3.84. The maximum Gasteiger partial charge on any atom is 0.269 e. The van der Waals surface area contributed by atoms with Crippen molar-refractivity contribution in [3.8, 4) is 23.3 Å². The first kappa shape index (κ1) is 20.4. The highest BCUT2D eigenvalue weighted by Crippen LogP contribution is 2.33. The van der Waals surface area contributed by atoms with E-state index in [-0.39, 0.29) is 24.6 Å². The number of likely N-dealkylation sites (N-methyl/N-ethyl adjacent to an activating group) is 2. The second kappa shape index (κ2) is 7.45. The molecular formula is C21H21N5O5. The molecule has 3 heterocycles. The zero-order valence-corrected chi connectivity index (χ0v) is 17.0. The predicted molar refractivity (Wildman–Crippen MR) is 108 cm³/mol. The van der Waals surface area contributed by atoms with E-state index in [0.29, 0.717) is 29.2 Å². The number of ether oxygens (including phenoxy) is 1. The number of nitrogens with two attached hydrogens (primary N) is 1. The summed E-state index contributed by atoms with van der Waals surface area (Å²) in [7, 11) is 3.12. The summed E-state index contributed by atoms with van der Waals surface area (Å²) in [5.41, 5.74) is 5.09. The number of aliphatic hydroxyl groups is 1. The molecule has 2 atom stereocenters. The molecule has 0 spiro atoms. The first-order valence-corrected chi connectivity index (χ1v) is 9.63. The SMILES string of the molecule is CNC(=O)C1COc2ccc(C#C[C@]3(O)CCN(C)C3=O)cc2-n2nc(C(N)=O)cc21. The molecule has 1 aromatic heterocycles. The lowest BCUT2D eigenvalue weighted by Gasteiger charge is -2.13. The zero-order valence-electron chi connectivity index (χ0n) is 17.0. The van der Waals surface area contributed by atoms with Crippen LogP contribution in [0, 0.1) is 11.8 Å². The van der Waals surface area contributed by atoms with Gasteiger partial charge in [-0.1, -0.05) is 11.8 Å². The van der Waals surface area contributed by atoms with E-state index in [2.05, 4.69) is 22.3 Å². The number of carbonyl (C=O) groups excluding carboxylic acids is 3. The van der Waals surface area contributed by atoms with Crippen LogP contribution in [0.2, 0.25) is 0 Å². The van der Waals surface area contributed by atoms with Gasteiger partial charge in [-0.3, -0.25) is 14.4 Å². The summed E-state index contributed by atoms with van der Waals surface area (Å²) in [5, 5.41) is 17.4. The molecule has 31 heavy (non-hydrogen) atoms. The summed E-state index contributed by atoms with van der Waals surface area (Å²) in [4.78, 5) is 37.7. The van der Waals surface area contributed by atoms with Crippen LogP contribution < -0.4 is 15.8 Å². The Balaban J connectivity index is 1.79. The molecule has 1 unspecified atom stereocenters. The van der Waals surface area contributed by atoms with E-state index in [4.69, 9.17) is 10.5 Å². The molecule has 4 N–H and O–H groups in total. The van der Waals surface area contributed by atoms with Gasteiger partial charge in [0.15, 0.2) is 5.69 Å². The number of nitrogens with one attached hydrogen (secondary N) is 1. The molecular weight excluding hydrogens is 402 g/mol. The maximum absolute atomic E-state index is 12.4. The van der Waals surface area contributed by atoms with Crippen LogP contribution in [0.5, 0.6) is 5.75 Å². The number of primary amides is 1. The molecule has 3 amide bonds. The molecule has 1 saturated heterocycles. The molecule has 1 aromatic carbocycles. The van der Waals surface area contributed by atoms with E-state index in [1.165, 1.54) is 22.7 Å². The normalized spacial score (nSPS) is 21.8. The molecule has 0 aliphatic carbocycles. The van der Waals surface area contributed by atoms with Crippen LogP contribution in [0.15, 0.2) is 24.3 Å². The fourth-order valence-corrected chi connectivity index (χ4v) is 3.63. The Labute approximate surface area is 178 Å². The number of aromatic nitrogens is 2. The van der Waals surface area contributed by atoms with Crippen molar-refractivity contribution in [3.05, 3.63) is 41.2 Å². The van der Waals surface area contributed by atoms with Gasteiger partial charge in [0.05, 0.1) is 5.69 Å². The third-order valence-electron chi connectivity index (χ3n) is 5.43. The molecule has 0 radical (unpaired) electrons. The number of nitrogens with zero attached hydrogens (tertiary/aromatic N) is 3. The molecule has 10 heteroatoms. The van der Waals surface area contributed by atoms with Gasteiger partial charge in [0, 0.05) is 32.6 Å². The van der Waals surface area contributed by atoms with Gasteiger partial charge in [0.1, 0.15) is 24.0 Å². The quantitative estimate of drug-likeness (QED) is 0.537. The van der Waals surface area contributed by atoms with Gasteiger partial charge in [-0.15, -0.1) is 0 Å². The van der Waals surface area contributed by atoms with Gasteiger partial charge in [0.2, 0.25) is 11.5 Å². The van der Waals surface area contributed by atoms with Crippen LogP contribution in [0.4, 0.5) is 0 Å². The number of carbonyl (C=O) groups is 3. The number of fused-ring (bicyclic) bond motifs is 3. The summed E-state index contributed by atoms with van der Waals surface area (Å²) in [5.74, 6) is 3.78. The molecule has 4 rings (SSSR count). The minimum atomic E-state index is -1.72. The molecule has 1 fully saturated rings. The van der Waals surface area contributed by atoms with Crippen molar-refractivity contribution in [1.82, 2.24) is 20.0 Å². The Morgan fingerprint density at radius 3 is 2.81 bits per heavy atom. The first-order valence-electron chi connectivity index (χ1n) is 9.63. The third kappa shape index (κ3) is 3.49. The molecule has 2 aliphatic heterocycles. The Kier molecular flexibility index (Phi) is 4.91. The molecule has 0 saturated carbocycles. The van der Waals surface area contributed by atoms with Gasteiger partial charge in [-0.05, 0) is 24.3 Å². The van der Waals surface area contributed by atoms with Crippen molar-refractivity contribution in [2.45, 2.75) is 17.9 Å². The average Bonchev–Trinajstić information content (AvgIpc) is 3.26. The minimum Gasteiger partial charge on any atom is -0.490 e. The fourth-order valence-electron chi connectivity index (χ4n) is 3.63. The second-order valence-electron chi connectivity index (χ2n) is 7.48. The van der Waals surface area contributed by atoms with E-state index >= 15 is 0 Å². The number of rotatable bonds is 2. The van der Waals surface area contributed by atoms with Crippen molar-refractivity contribution >= 4 is 17.7 Å². The van der Waals surface area contributed by atoms with Gasteiger partial charge < -0.3 is 25.8 Å². The number of hydrogen-bond acceptors (Lipinski definition) is 6. The fraction of sp³-hybridized carbons (Fsp3) is 0.333. The largest absolute Gasteiger partial charge is 0.490 e. The van der Waals surface area contributed by atoms with Crippen molar-refractivity contribution in [1.29, 1.82) is 0 Å². The van der Waals surface area contributed by atoms with Gasteiger partial charge in [-0.25, -0.2) is 4.68 Å². The number of hydrogen-bond donors (Lipinski definition) is 3. The lowest BCUT2D eigenvalue weighted by atomic mass is 10.0. The lowest BCUT2D eigenvalue weighted by molar-refractivity contribution is -0.137. The Morgan fingerprint density at radius 2 is 2.16 bits per heavy atom. The summed E-state index contributed by atoms with van der Waals surface area (Å²) in [6.07, 6.45) is 0.225. The first-order chi connectivity index (χ1) is 14.7. The number of amides is 3. The topological polar surface area (TPSA) is 140 Å². The highest BCUT2D eigenvalue weighted by atomic mass is 16.5. The molecule has 10 nitrogen and oxygen atoms in total. The molecule has 2 aromatic rings. The van der Waals surface area contributed by atoms with Crippen molar-refractivity contribution in [2.24, 2.45) is 5.73 Å². The van der Waals surface area contributed by atoms with E-state index in [1.54, 1.807) is 25.2 Å². The average molecular weight is 423 g/mol. The Bertz CT molecular complexity index is 1160. The van der Waals surface area contributed by atoms with E-state index < -0.39 is 23.3 Å². The second-order valence-corrected chi connectivity index (χ2v) is 7.48. The van der Waals surface area contributed by atoms with Gasteiger partial charge in [-0.2, -0.15) is 5.10 Å².